The van der Waals surface area contributed by atoms with Gasteiger partial charge in [0.25, 0.3) is 0 Å². The van der Waals surface area contributed by atoms with Crippen molar-refractivity contribution in [3.8, 4) is 0 Å². The first-order valence-corrected chi connectivity index (χ1v) is 8.93. The van der Waals surface area contributed by atoms with Gasteiger partial charge in [0.1, 0.15) is 0 Å². The molecule has 0 spiro atoms. The van der Waals surface area contributed by atoms with E-state index in [0.29, 0.717) is 5.41 Å². The van der Waals surface area contributed by atoms with E-state index < -0.39 is 0 Å². The Morgan fingerprint density at radius 2 is 1.74 bits per heavy atom. The summed E-state index contributed by atoms with van der Waals surface area (Å²) in [5, 5.41) is 0. The zero-order chi connectivity index (χ0) is 13.7. The van der Waals surface area contributed by atoms with Crippen LogP contribution in [0.25, 0.3) is 0 Å². The average molecular weight is 276 g/mol. The van der Waals surface area contributed by atoms with Gasteiger partial charge in [-0.2, -0.15) is 11.8 Å². The second-order valence-electron chi connectivity index (χ2n) is 6.73. The minimum atomic E-state index is 0.577. The zero-order valence-corrected chi connectivity index (χ0v) is 13.6. The van der Waals surface area contributed by atoms with E-state index in [-0.39, 0.29) is 0 Å². The van der Waals surface area contributed by atoms with Gasteiger partial charge in [-0.25, -0.2) is 0 Å². The fourth-order valence-corrected chi connectivity index (χ4v) is 3.81. The van der Waals surface area contributed by atoms with Crippen LogP contribution in [0.2, 0.25) is 0 Å². The molecule has 0 radical (unpaired) electrons. The molecule has 0 nitrogen and oxygen atoms in total. The van der Waals surface area contributed by atoms with Crippen LogP contribution in [-0.2, 0) is 5.75 Å². The number of thioether (sulfide) groups is 1. The molecule has 0 amide bonds. The summed E-state index contributed by atoms with van der Waals surface area (Å²) in [5.41, 5.74) is 3.63. The van der Waals surface area contributed by atoms with Gasteiger partial charge in [-0.15, -0.1) is 0 Å². The first-order chi connectivity index (χ1) is 9.11. The molecular weight excluding hydrogens is 248 g/mol. The van der Waals surface area contributed by atoms with Gasteiger partial charge >= 0.3 is 0 Å². The Kier molecular flexibility index (Phi) is 5.38. The summed E-state index contributed by atoms with van der Waals surface area (Å²) < 4.78 is 0. The number of rotatable bonds is 5. The van der Waals surface area contributed by atoms with E-state index in [1.165, 1.54) is 49.2 Å². The molecule has 1 fully saturated rings. The molecule has 1 aromatic rings. The fraction of sp³-hybridized carbons (Fsp3) is 0.667. The maximum absolute atomic E-state index is 2.41. The number of hydrogen-bond donors (Lipinski definition) is 0. The van der Waals surface area contributed by atoms with Crippen molar-refractivity contribution < 1.29 is 0 Å². The molecular formula is C18H28S. The van der Waals surface area contributed by atoms with E-state index in [9.17, 15) is 0 Å². The Balaban J connectivity index is 1.88. The van der Waals surface area contributed by atoms with Crippen LogP contribution in [0.3, 0.4) is 0 Å². The van der Waals surface area contributed by atoms with Crippen molar-refractivity contribution >= 4 is 11.8 Å². The summed E-state index contributed by atoms with van der Waals surface area (Å²) in [4.78, 5) is 0. The Morgan fingerprint density at radius 1 is 1.11 bits per heavy atom. The second-order valence-corrected chi connectivity index (χ2v) is 7.84. The third kappa shape index (κ3) is 4.56. The highest BCUT2D eigenvalue weighted by Crippen LogP contribution is 2.42. The van der Waals surface area contributed by atoms with Crippen LogP contribution in [-0.4, -0.2) is 5.75 Å². The molecule has 1 heteroatoms. The van der Waals surface area contributed by atoms with Gasteiger partial charge < -0.3 is 0 Å². The number of benzene rings is 1. The molecule has 0 aliphatic heterocycles. The van der Waals surface area contributed by atoms with Crippen molar-refractivity contribution in [1.82, 2.24) is 0 Å². The molecule has 2 rings (SSSR count). The Bertz CT molecular complexity index is 367. The fourth-order valence-electron chi connectivity index (χ4n) is 2.95. The van der Waals surface area contributed by atoms with E-state index >= 15 is 0 Å². The molecule has 0 bridgehead atoms. The average Bonchev–Trinajstić information content (AvgIpc) is 2.40. The van der Waals surface area contributed by atoms with Gasteiger partial charge in [-0.1, -0.05) is 45.0 Å². The molecule has 0 saturated heterocycles. The minimum absolute atomic E-state index is 0.577. The third-order valence-electron chi connectivity index (χ3n) is 4.41. The number of hydrogen-bond acceptors (Lipinski definition) is 1. The lowest BCUT2D eigenvalue weighted by Crippen LogP contribution is -2.20. The van der Waals surface area contributed by atoms with Gasteiger partial charge in [0.15, 0.2) is 0 Å². The predicted octanol–water partition coefficient (Wildman–Crippen LogP) is 6.01. The van der Waals surface area contributed by atoms with Gasteiger partial charge in [-0.3, -0.25) is 0 Å². The highest BCUT2D eigenvalue weighted by atomic mass is 32.2. The monoisotopic (exact) mass is 276 g/mol. The van der Waals surface area contributed by atoms with Gasteiger partial charge in [0, 0.05) is 5.75 Å². The quantitative estimate of drug-likeness (QED) is 0.593. The topological polar surface area (TPSA) is 0 Å². The van der Waals surface area contributed by atoms with E-state index in [1.807, 2.05) is 11.8 Å². The van der Waals surface area contributed by atoms with Crippen LogP contribution in [0.5, 0.6) is 0 Å². The predicted molar refractivity (Wildman–Crippen MR) is 87.9 cm³/mol. The normalized spacial score (nSPS) is 19.5. The van der Waals surface area contributed by atoms with E-state index in [4.69, 9.17) is 0 Å². The van der Waals surface area contributed by atoms with Gasteiger partial charge in [0.2, 0.25) is 0 Å². The zero-order valence-electron chi connectivity index (χ0n) is 12.7. The maximum Gasteiger partial charge on any atom is 0.0184 e. The molecule has 1 aromatic carbocycles. The summed E-state index contributed by atoms with van der Waals surface area (Å²) in [7, 11) is 0. The first-order valence-electron chi connectivity index (χ1n) is 7.77. The first kappa shape index (κ1) is 15.0. The Hall–Kier alpha value is -0.430. The summed E-state index contributed by atoms with van der Waals surface area (Å²) in [6.45, 7) is 7.08. The van der Waals surface area contributed by atoms with Crippen molar-refractivity contribution in [1.29, 1.82) is 0 Å². The summed E-state index contributed by atoms with van der Waals surface area (Å²) in [6, 6.07) is 9.45. The van der Waals surface area contributed by atoms with Crippen LogP contribution in [0.4, 0.5) is 0 Å². The highest BCUT2D eigenvalue weighted by molar-refractivity contribution is 7.98. The minimum Gasteiger partial charge on any atom is -0.157 e. The lowest BCUT2D eigenvalue weighted by atomic mass is 9.71. The molecule has 0 unspecified atom stereocenters. The lowest BCUT2D eigenvalue weighted by Gasteiger charge is -2.34. The van der Waals surface area contributed by atoms with E-state index in [1.54, 1.807) is 5.56 Å². The largest absolute Gasteiger partial charge is 0.157 e. The van der Waals surface area contributed by atoms with Crippen LogP contribution < -0.4 is 0 Å². The second kappa shape index (κ2) is 6.83. The smallest absolute Gasteiger partial charge is 0.0184 e. The van der Waals surface area contributed by atoms with Crippen LogP contribution in [0.1, 0.15) is 69.9 Å². The standard InChI is InChI=1S/C18H28S/c1-4-13-19-14-15-5-7-16(8-6-15)17-9-11-18(2,3)12-10-17/h5-8,17H,4,9-14H2,1-3H3. The summed E-state index contributed by atoms with van der Waals surface area (Å²) >= 11 is 2.05. The van der Waals surface area contributed by atoms with Crippen molar-refractivity contribution in [2.24, 2.45) is 5.41 Å². The molecule has 1 aliphatic carbocycles. The molecule has 0 atom stereocenters. The Labute approximate surface area is 123 Å². The molecule has 0 N–H and O–H groups in total. The van der Waals surface area contributed by atoms with Crippen LogP contribution in [0.15, 0.2) is 24.3 Å². The molecule has 0 aromatic heterocycles. The van der Waals surface area contributed by atoms with Crippen molar-refractivity contribution in [2.75, 3.05) is 5.75 Å². The van der Waals surface area contributed by atoms with Crippen LogP contribution >= 0.6 is 11.8 Å². The van der Waals surface area contributed by atoms with Gasteiger partial charge in [0.05, 0.1) is 0 Å². The van der Waals surface area contributed by atoms with Crippen LogP contribution in [0, 0.1) is 5.41 Å². The molecule has 106 valence electrons. The Morgan fingerprint density at radius 3 is 2.32 bits per heavy atom. The highest BCUT2D eigenvalue weighted by Gasteiger charge is 2.27. The van der Waals surface area contributed by atoms with Gasteiger partial charge in [-0.05, 0) is 60.3 Å². The third-order valence-corrected chi connectivity index (χ3v) is 5.64. The summed E-state index contributed by atoms with van der Waals surface area (Å²) in [5.74, 6) is 3.26. The molecule has 19 heavy (non-hydrogen) atoms. The lowest BCUT2D eigenvalue weighted by molar-refractivity contribution is 0.224. The maximum atomic E-state index is 2.41. The van der Waals surface area contributed by atoms with E-state index in [0.717, 1.165) is 5.92 Å². The molecule has 1 aliphatic rings. The van der Waals surface area contributed by atoms with E-state index in [2.05, 4.69) is 45.0 Å². The van der Waals surface area contributed by atoms with Crippen molar-refractivity contribution in [3.05, 3.63) is 35.4 Å². The molecule has 0 heterocycles. The van der Waals surface area contributed by atoms with Crippen molar-refractivity contribution in [2.45, 2.75) is 64.5 Å². The SMILES string of the molecule is CCCSCc1ccc(C2CCC(C)(C)CC2)cc1. The summed E-state index contributed by atoms with van der Waals surface area (Å²) in [6.07, 6.45) is 6.78. The van der Waals surface area contributed by atoms with Crippen molar-refractivity contribution in [3.63, 3.8) is 0 Å². The molecule has 1 saturated carbocycles.